The van der Waals surface area contributed by atoms with Crippen LogP contribution in [0.4, 0.5) is 4.79 Å². The first-order valence-electron chi connectivity index (χ1n) is 8.08. The number of hydrogen-bond donors (Lipinski definition) is 0. The van der Waals surface area contributed by atoms with E-state index in [1.165, 1.54) is 7.11 Å². The van der Waals surface area contributed by atoms with Crippen molar-refractivity contribution < 1.29 is 23.7 Å². The van der Waals surface area contributed by atoms with Crippen molar-refractivity contribution in [3.8, 4) is 28.4 Å². The van der Waals surface area contributed by atoms with Crippen molar-refractivity contribution in [1.29, 1.82) is 0 Å². The number of amides is 1. The molecule has 0 N–H and O–H groups in total. The van der Waals surface area contributed by atoms with Gasteiger partial charge in [0.2, 0.25) is 0 Å². The average molecular weight is 378 g/mol. The summed E-state index contributed by atoms with van der Waals surface area (Å²) in [6, 6.07) is 9.42. The van der Waals surface area contributed by atoms with Crippen molar-refractivity contribution in [3.63, 3.8) is 0 Å². The normalized spacial score (nSPS) is 13.3. The standard InChI is InChI=1S/C19H20ClNO5/c1-23-16-5-4-12(9-15(16)20)13-8-14-11-21(19(22)25-3)6-7-26-18(14)17(10-13)24-2/h4-5,8-10H,6-7,11H2,1-3H3. The number of methoxy groups -OCH3 is 3. The van der Waals surface area contributed by atoms with E-state index in [1.54, 1.807) is 19.1 Å². The number of nitrogens with zero attached hydrogens (tertiary/aromatic N) is 1. The van der Waals surface area contributed by atoms with Gasteiger partial charge in [-0.05, 0) is 35.4 Å². The minimum atomic E-state index is -0.390. The van der Waals surface area contributed by atoms with Crippen LogP contribution in [-0.2, 0) is 11.3 Å². The van der Waals surface area contributed by atoms with E-state index in [0.717, 1.165) is 16.7 Å². The molecule has 0 unspecified atom stereocenters. The molecule has 1 amide bonds. The number of carbonyl (C=O) groups excluding carboxylic acids is 1. The molecule has 0 fully saturated rings. The Morgan fingerprint density at radius 2 is 1.85 bits per heavy atom. The number of fused-ring (bicyclic) bond motifs is 1. The fraction of sp³-hybridized carbons (Fsp3) is 0.316. The zero-order valence-electron chi connectivity index (χ0n) is 14.9. The molecule has 0 saturated carbocycles. The summed E-state index contributed by atoms with van der Waals surface area (Å²) in [5, 5.41) is 0.520. The summed E-state index contributed by atoms with van der Waals surface area (Å²) < 4.78 is 21.4. The topological polar surface area (TPSA) is 57.2 Å². The van der Waals surface area contributed by atoms with Crippen LogP contribution in [0.3, 0.4) is 0 Å². The lowest BCUT2D eigenvalue weighted by Crippen LogP contribution is -2.32. The molecule has 6 nitrogen and oxygen atoms in total. The van der Waals surface area contributed by atoms with Gasteiger partial charge in [-0.1, -0.05) is 17.7 Å². The van der Waals surface area contributed by atoms with Gasteiger partial charge in [-0.2, -0.15) is 0 Å². The molecule has 0 spiro atoms. The Hall–Kier alpha value is -2.60. The third kappa shape index (κ3) is 3.51. The van der Waals surface area contributed by atoms with E-state index in [1.807, 2.05) is 30.3 Å². The number of hydrogen-bond acceptors (Lipinski definition) is 5. The Morgan fingerprint density at radius 1 is 1.08 bits per heavy atom. The van der Waals surface area contributed by atoms with Gasteiger partial charge in [-0.3, -0.25) is 0 Å². The highest BCUT2D eigenvalue weighted by molar-refractivity contribution is 6.32. The molecule has 1 aliphatic rings. The predicted octanol–water partition coefficient (Wildman–Crippen LogP) is 3.99. The lowest BCUT2D eigenvalue weighted by Gasteiger charge is -2.18. The van der Waals surface area contributed by atoms with Gasteiger partial charge in [-0.25, -0.2) is 4.79 Å². The smallest absolute Gasteiger partial charge is 0.409 e. The highest BCUT2D eigenvalue weighted by atomic mass is 35.5. The summed E-state index contributed by atoms with van der Waals surface area (Å²) in [4.78, 5) is 13.5. The fourth-order valence-electron chi connectivity index (χ4n) is 2.93. The number of benzene rings is 2. The summed E-state index contributed by atoms with van der Waals surface area (Å²) in [6.07, 6.45) is -0.390. The number of ether oxygens (including phenoxy) is 4. The van der Waals surface area contributed by atoms with Crippen LogP contribution in [0.15, 0.2) is 30.3 Å². The lowest BCUT2D eigenvalue weighted by molar-refractivity contribution is 0.117. The van der Waals surface area contributed by atoms with Gasteiger partial charge in [0, 0.05) is 5.56 Å². The van der Waals surface area contributed by atoms with E-state index in [-0.39, 0.29) is 0 Å². The Kier molecular flexibility index (Phi) is 5.42. The van der Waals surface area contributed by atoms with Crippen molar-refractivity contribution in [1.82, 2.24) is 4.90 Å². The maximum Gasteiger partial charge on any atom is 0.409 e. The van der Waals surface area contributed by atoms with Crippen LogP contribution < -0.4 is 14.2 Å². The van der Waals surface area contributed by atoms with Gasteiger partial charge in [0.15, 0.2) is 11.5 Å². The average Bonchev–Trinajstić information content (AvgIpc) is 2.88. The first-order valence-corrected chi connectivity index (χ1v) is 8.45. The van der Waals surface area contributed by atoms with E-state index >= 15 is 0 Å². The molecule has 0 aromatic heterocycles. The van der Waals surface area contributed by atoms with Crippen LogP contribution in [0, 0.1) is 0 Å². The molecule has 2 aromatic rings. The van der Waals surface area contributed by atoms with Crippen LogP contribution in [-0.4, -0.2) is 45.5 Å². The van der Waals surface area contributed by atoms with E-state index < -0.39 is 6.09 Å². The van der Waals surface area contributed by atoms with Crippen LogP contribution >= 0.6 is 11.6 Å². The second-order valence-electron chi connectivity index (χ2n) is 5.76. The molecule has 0 bridgehead atoms. The van der Waals surface area contributed by atoms with Gasteiger partial charge >= 0.3 is 6.09 Å². The van der Waals surface area contributed by atoms with Crippen LogP contribution in [0.25, 0.3) is 11.1 Å². The second-order valence-corrected chi connectivity index (χ2v) is 6.16. The fourth-order valence-corrected chi connectivity index (χ4v) is 3.19. The molecule has 0 atom stereocenters. The molecule has 26 heavy (non-hydrogen) atoms. The van der Waals surface area contributed by atoms with Gasteiger partial charge in [0.1, 0.15) is 12.4 Å². The summed E-state index contributed by atoms with van der Waals surface area (Å²) in [5.41, 5.74) is 2.65. The molecule has 1 aliphatic heterocycles. The van der Waals surface area contributed by atoms with Gasteiger partial charge in [0.25, 0.3) is 0 Å². The van der Waals surface area contributed by atoms with E-state index in [0.29, 0.717) is 42.0 Å². The number of carbonyl (C=O) groups is 1. The number of halogens is 1. The van der Waals surface area contributed by atoms with Gasteiger partial charge in [0.05, 0.1) is 39.4 Å². The van der Waals surface area contributed by atoms with Gasteiger partial charge < -0.3 is 23.8 Å². The van der Waals surface area contributed by atoms with Crippen LogP contribution in [0.2, 0.25) is 5.02 Å². The number of rotatable bonds is 3. The first-order chi connectivity index (χ1) is 12.6. The molecule has 0 saturated heterocycles. The summed E-state index contributed by atoms with van der Waals surface area (Å²) in [5.74, 6) is 1.86. The monoisotopic (exact) mass is 377 g/mol. The molecule has 0 aliphatic carbocycles. The quantitative estimate of drug-likeness (QED) is 0.809. The molecule has 1 heterocycles. The molecule has 138 valence electrons. The summed E-state index contributed by atoms with van der Waals surface area (Å²) in [6.45, 7) is 1.18. The Labute approximate surface area is 157 Å². The van der Waals surface area contributed by atoms with Crippen molar-refractivity contribution >= 4 is 17.7 Å². The summed E-state index contributed by atoms with van der Waals surface area (Å²) >= 11 is 6.26. The summed E-state index contributed by atoms with van der Waals surface area (Å²) in [7, 11) is 4.53. The zero-order valence-corrected chi connectivity index (χ0v) is 15.6. The Balaban J connectivity index is 2.05. The third-order valence-corrected chi connectivity index (χ3v) is 4.53. The van der Waals surface area contributed by atoms with E-state index in [9.17, 15) is 4.79 Å². The highest BCUT2D eigenvalue weighted by Gasteiger charge is 2.24. The zero-order chi connectivity index (χ0) is 18.7. The van der Waals surface area contributed by atoms with Crippen molar-refractivity contribution in [2.45, 2.75) is 6.54 Å². The lowest BCUT2D eigenvalue weighted by atomic mass is 10.0. The van der Waals surface area contributed by atoms with Crippen molar-refractivity contribution in [2.75, 3.05) is 34.5 Å². The van der Waals surface area contributed by atoms with Crippen molar-refractivity contribution in [3.05, 3.63) is 40.9 Å². The molecular formula is C19H20ClNO5. The molecule has 2 aromatic carbocycles. The van der Waals surface area contributed by atoms with E-state index in [4.69, 9.17) is 30.5 Å². The largest absolute Gasteiger partial charge is 0.495 e. The second kappa shape index (κ2) is 7.74. The predicted molar refractivity (Wildman–Crippen MR) is 98.3 cm³/mol. The van der Waals surface area contributed by atoms with Crippen LogP contribution in [0.5, 0.6) is 17.2 Å². The molecular weight excluding hydrogens is 358 g/mol. The maximum absolute atomic E-state index is 11.9. The minimum absolute atomic E-state index is 0.367. The SMILES string of the molecule is COC(=O)N1CCOc2c(cc(-c3ccc(OC)c(Cl)c3)cc2OC)C1. The van der Waals surface area contributed by atoms with Gasteiger partial charge in [-0.15, -0.1) is 0 Å². The molecule has 3 rings (SSSR count). The highest BCUT2D eigenvalue weighted by Crippen LogP contribution is 2.39. The molecule has 7 heteroatoms. The first kappa shape index (κ1) is 18.2. The Morgan fingerprint density at radius 3 is 2.50 bits per heavy atom. The third-order valence-electron chi connectivity index (χ3n) is 4.24. The minimum Gasteiger partial charge on any atom is -0.495 e. The van der Waals surface area contributed by atoms with E-state index in [2.05, 4.69) is 0 Å². The molecule has 0 radical (unpaired) electrons. The van der Waals surface area contributed by atoms with Crippen molar-refractivity contribution in [2.24, 2.45) is 0 Å². The maximum atomic E-state index is 11.9. The van der Waals surface area contributed by atoms with Crippen LogP contribution in [0.1, 0.15) is 5.56 Å². The Bertz CT molecular complexity index is 824.